The van der Waals surface area contributed by atoms with E-state index < -0.39 is 7.22 Å². The number of hydrogen-bond acceptors (Lipinski definition) is 4. The Morgan fingerprint density at radius 1 is 1.00 bits per heavy atom. The molecule has 2 rings (SSSR count). The second-order valence-electron chi connectivity index (χ2n) is 7.62. The third-order valence-corrected chi connectivity index (χ3v) is 17.6. The molecule has 0 saturated carbocycles. The molecule has 0 saturated heterocycles. The lowest BCUT2D eigenvalue weighted by atomic mass is 10.2. The van der Waals surface area contributed by atoms with E-state index in [1.165, 1.54) is 14.3 Å². The Bertz CT molecular complexity index is 773. The second-order valence-corrected chi connectivity index (χ2v) is 16.2. The average Bonchev–Trinajstić information content (AvgIpc) is 2.85. The summed E-state index contributed by atoms with van der Waals surface area (Å²) < 4.78 is 2.65. The first-order valence-corrected chi connectivity index (χ1v) is 12.7. The van der Waals surface area contributed by atoms with Crippen molar-refractivity contribution < 1.29 is 0 Å². The Morgan fingerprint density at radius 2 is 1.56 bits per heavy atom. The first-order valence-electron chi connectivity index (χ1n) is 8.90. The fourth-order valence-electron chi connectivity index (χ4n) is 3.95. The number of aromatic nitrogens is 4. The van der Waals surface area contributed by atoms with E-state index in [4.69, 9.17) is 0 Å². The zero-order valence-electron chi connectivity index (χ0n) is 16.6. The van der Waals surface area contributed by atoms with Gasteiger partial charge in [0.25, 0.3) is 0 Å². The highest BCUT2D eigenvalue weighted by molar-refractivity contribution is 8.29. The van der Waals surface area contributed by atoms with Crippen LogP contribution < -0.4 is 5.69 Å². The number of rotatable bonds is 6. The smallest absolute Gasteiger partial charge is 0.244 e. The third-order valence-electron chi connectivity index (χ3n) is 5.20. The molecule has 0 bridgehead atoms. The van der Waals surface area contributed by atoms with Gasteiger partial charge in [0.05, 0.1) is 5.69 Å². The minimum Gasteiger partial charge on any atom is -0.244 e. The van der Waals surface area contributed by atoms with Crippen molar-refractivity contribution in [2.75, 3.05) is 0 Å². The molecule has 0 aliphatic rings. The van der Waals surface area contributed by atoms with Gasteiger partial charge in [-0.3, -0.25) is 0 Å². The van der Waals surface area contributed by atoms with Crippen LogP contribution in [0.1, 0.15) is 47.1 Å². The van der Waals surface area contributed by atoms with Crippen LogP contribution in [0.15, 0.2) is 27.9 Å². The Kier molecular flexibility index (Phi) is 5.99. The Morgan fingerprint density at radius 3 is 2.00 bits per heavy atom. The summed E-state index contributed by atoms with van der Waals surface area (Å²) in [4.78, 5) is 13.5. The fourth-order valence-corrected chi connectivity index (χ4v) is 13.4. The molecule has 0 atom stereocenters. The van der Waals surface area contributed by atoms with Crippen molar-refractivity contribution in [3.8, 4) is 5.69 Å². The molecule has 5 nitrogen and oxygen atoms in total. The van der Waals surface area contributed by atoms with Gasteiger partial charge in [-0.05, 0) is 51.7 Å². The first-order chi connectivity index (χ1) is 11.6. The zero-order valence-corrected chi connectivity index (χ0v) is 18.4. The number of hydrogen-bond donors (Lipinski definition) is 0. The van der Waals surface area contributed by atoms with Gasteiger partial charge in [-0.25, -0.2) is 4.79 Å². The van der Waals surface area contributed by atoms with E-state index >= 15 is 0 Å². The maximum Gasteiger partial charge on any atom is 0.368 e. The van der Waals surface area contributed by atoms with E-state index in [2.05, 4.69) is 76.2 Å². The van der Waals surface area contributed by atoms with Crippen LogP contribution in [0.25, 0.3) is 5.69 Å². The van der Waals surface area contributed by atoms with E-state index in [0.717, 1.165) is 11.3 Å². The lowest BCUT2D eigenvalue weighted by Gasteiger charge is -2.42. The van der Waals surface area contributed by atoms with Gasteiger partial charge in [-0.2, -0.15) is 9.36 Å². The van der Waals surface area contributed by atoms with Gasteiger partial charge < -0.3 is 0 Å². The van der Waals surface area contributed by atoms with Crippen LogP contribution in [0.3, 0.4) is 0 Å². The number of aryl methyl sites for hydroxylation is 1. The summed E-state index contributed by atoms with van der Waals surface area (Å²) in [5.41, 5.74) is 3.71. The van der Waals surface area contributed by atoms with Crippen molar-refractivity contribution >= 4 is 18.4 Å². The Balaban J connectivity index is 2.56. The van der Waals surface area contributed by atoms with E-state index in [9.17, 15) is 4.79 Å². The van der Waals surface area contributed by atoms with Crippen LogP contribution in [0.5, 0.6) is 0 Å². The molecule has 7 heteroatoms. The molecule has 1 aromatic heterocycles. The summed E-state index contributed by atoms with van der Waals surface area (Å²) in [7, 11) is -0.0250. The van der Waals surface area contributed by atoms with Crippen LogP contribution in [0.2, 0.25) is 16.6 Å². The minimum atomic E-state index is -1.64. The average molecular weight is 379 g/mol. The maximum absolute atomic E-state index is 12.2. The Labute approximate surface area is 155 Å². The largest absolute Gasteiger partial charge is 0.368 e. The lowest BCUT2D eigenvalue weighted by Crippen LogP contribution is -2.41. The van der Waals surface area contributed by atoms with Gasteiger partial charge in [0.1, 0.15) is 7.22 Å². The second kappa shape index (κ2) is 7.49. The van der Waals surface area contributed by atoms with Gasteiger partial charge in [0, 0.05) is 11.9 Å². The summed E-state index contributed by atoms with van der Waals surface area (Å²) in [6.45, 7) is 16.3. The molecule has 1 heterocycles. The lowest BCUT2D eigenvalue weighted by molar-refractivity contribution is 0.692. The fraction of sp³-hybridized carbons (Fsp3) is 0.611. The van der Waals surface area contributed by atoms with Crippen molar-refractivity contribution in [1.82, 2.24) is 19.8 Å². The van der Waals surface area contributed by atoms with Crippen LogP contribution in [0.4, 0.5) is 0 Å². The van der Waals surface area contributed by atoms with E-state index in [-0.39, 0.29) is 5.69 Å². The van der Waals surface area contributed by atoms with E-state index in [0.29, 0.717) is 16.6 Å². The Hall–Kier alpha value is -1.34. The molecular formula is C18H30N4OSSi. The quantitative estimate of drug-likeness (QED) is 0.692. The van der Waals surface area contributed by atoms with Gasteiger partial charge in [-0.15, -0.1) is 11.2 Å². The van der Waals surface area contributed by atoms with Gasteiger partial charge in [0.2, 0.25) is 0 Å². The number of benzene rings is 1. The van der Waals surface area contributed by atoms with Crippen molar-refractivity contribution in [3.63, 3.8) is 0 Å². The SMILES string of the molecule is Cc1c(S[Si](C(C)C)(C(C)C)C(C)C)cccc1-n1nnn(C)c1=O. The van der Waals surface area contributed by atoms with Gasteiger partial charge >= 0.3 is 5.69 Å². The predicted octanol–water partition coefficient (Wildman–Crippen LogP) is 4.54. The molecule has 0 unspecified atom stereocenters. The third kappa shape index (κ3) is 3.49. The molecule has 2 aromatic rings. The van der Waals surface area contributed by atoms with Crippen LogP contribution in [-0.4, -0.2) is 27.0 Å². The number of tetrazole rings is 1. The van der Waals surface area contributed by atoms with Crippen LogP contribution in [0, 0.1) is 6.92 Å². The summed E-state index contributed by atoms with van der Waals surface area (Å²) in [5.74, 6) is 0. The molecule has 1 aromatic carbocycles. The molecule has 0 spiro atoms. The summed E-state index contributed by atoms with van der Waals surface area (Å²) in [5, 5.41) is 7.85. The standard InChI is InChI=1S/C18H30N4OSSi/c1-12(2)25(13(3)4,14(5)6)24-17-11-9-10-16(15(17)7)22-18(23)21(8)19-20-22/h9-14H,1-8H3. The molecule has 0 aliphatic heterocycles. The monoisotopic (exact) mass is 378 g/mol. The maximum atomic E-state index is 12.2. The number of nitrogens with zero attached hydrogens (tertiary/aromatic N) is 4. The van der Waals surface area contributed by atoms with E-state index in [1.807, 2.05) is 12.1 Å². The van der Waals surface area contributed by atoms with Crippen molar-refractivity contribution in [2.45, 2.75) is 70.0 Å². The molecule has 0 N–H and O–H groups in total. The summed E-state index contributed by atoms with van der Waals surface area (Å²) in [6, 6.07) is 6.14. The van der Waals surface area contributed by atoms with E-state index in [1.54, 1.807) is 7.05 Å². The summed E-state index contributed by atoms with van der Waals surface area (Å²) in [6.07, 6.45) is 0. The molecular weight excluding hydrogens is 348 g/mol. The molecule has 25 heavy (non-hydrogen) atoms. The first kappa shape index (κ1) is 20.0. The van der Waals surface area contributed by atoms with Crippen molar-refractivity contribution in [1.29, 1.82) is 0 Å². The molecule has 138 valence electrons. The highest BCUT2D eigenvalue weighted by Gasteiger charge is 2.44. The van der Waals surface area contributed by atoms with Crippen molar-refractivity contribution in [2.24, 2.45) is 7.05 Å². The van der Waals surface area contributed by atoms with Crippen LogP contribution >= 0.6 is 11.2 Å². The minimum absolute atomic E-state index is 0.217. The van der Waals surface area contributed by atoms with Gasteiger partial charge in [-0.1, -0.05) is 47.6 Å². The van der Waals surface area contributed by atoms with Crippen molar-refractivity contribution in [3.05, 3.63) is 34.2 Å². The molecule has 0 aliphatic carbocycles. The molecule has 0 amide bonds. The highest BCUT2D eigenvalue weighted by atomic mass is 32.4. The molecule has 0 radical (unpaired) electrons. The van der Waals surface area contributed by atoms with Gasteiger partial charge in [0.15, 0.2) is 0 Å². The topological polar surface area (TPSA) is 52.7 Å². The molecule has 0 fully saturated rings. The zero-order chi connectivity index (χ0) is 18.9. The predicted molar refractivity (Wildman–Crippen MR) is 108 cm³/mol. The van der Waals surface area contributed by atoms with Crippen LogP contribution in [-0.2, 0) is 7.05 Å². The highest BCUT2D eigenvalue weighted by Crippen LogP contribution is 2.52. The summed E-state index contributed by atoms with van der Waals surface area (Å²) >= 11 is 2.08. The normalized spacial score (nSPS) is 12.6.